The number of hydrogen-bond acceptors (Lipinski definition) is 7. The molecule has 33 heavy (non-hydrogen) atoms. The topological polar surface area (TPSA) is 77.1 Å². The van der Waals surface area contributed by atoms with Crippen LogP contribution in [0.15, 0.2) is 18.2 Å². The number of carbonyl (C=O) groups is 2. The van der Waals surface area contributed by atoms with E-state index in [0.29, 0.717) is 41.1 Å². The van der Waals surface area contributed by atoms with Crippen LogP contribution in [0.2, 0.25) is 0 Å². The van der Waals surface area contributed by atoms with Crippen LogP contribution in [0.3, 0.4) is 0 Å². The number of methoxy groups -OCH3 is 2. The standard InChI is InChI=1S/C25H34N2O5S/c1-7-32-25(29)22-18-10-8-15(2)12-21(18)33-24(22)26-23(28)16(3)27(4)14-17-9-11-19(30-5)20(13-17)31-6/h9,11,13,15-16H,7-8,10,12,14H2,1-6H3,(H,26,28)/t15-,16+/m1/s1. The van der Waals surface area contributed by atoms with Gasteiger partial charge in [-0.25, -0.2) is 4.79 Å². The number of rotatable bonds is 9. The highest BCUT2D eigenvalue weighted by atomic mass is 32.1. The second-order valence-electron chi connectivity index (χ2n) is 8.55. The summed E-state index contributed by atoms with van der Waals surface area (Å²) in [5.41, 5.74) is 2.58. The molecule has 7 nitrogen and oxygen atoms in total. The summed E-state index contributed by atoms with van der Waals surface area (Å²) >= 11 is 1.51. The van der Waals surface area contributed by atoms with Crippen LogP contribution in [0.5, 0.6) is 11.5 Å². The van der Waals surface area contributed by atoms with Crippen LogP contribution >= 0.6 is 11.3 Å². The smallest absolute Gasteiger partial charge is 0.341 e. The highest BCUT2D eigenvalue weighted by molar-refractivity contribution is 7.17. The van der Waals surface area contributed by atoms with E-state index in [1.54, 1.807) is 21.1 Å². The maximum Gasteiger partial charge on any atom is 0.341 e. The average Bonchev–Trinajstić information content (AvgIpc) is 3.15. The van der Waals surface area contributed by atoms with Gasteiger partial charge >= 0.3 is 5.97 Å². The van der Waals surface area contributed by atoms with Crippen LogP contribution in [-0.4, -0.2) is 50.7 Å². The number of fused-ring (bicyclic) bond motifs is 1. The third kappa shape index (κ3) is 5.68. The summed E-state index contributed by atoms with van der Waals surface area (Å²) in [4.78, 5) is 29.0. The van der Waals surface area contributed by atoms with E-state index in [1.165, 1.54) is 16.2 Å². The van der Waals surface area contributed by atoms with Crippen molar-refractivity contribution in [1.82, 2.24) is 4.90 Å². The van der Waals surface area contributed by atoms with Gasteiger partial charge < -0.3 is 19.5 Å². The highest BCUT2D eigenvalue weighted by Gasteiger charge is 2.30. The molecule has 180 valence electrons. The molecule has 0 saturated heterocycles. The predicted octanol–water partition coefficient (Wildman–Crippen LogP) is 4.53. The molecule has 2 aromatic rings. The van der Waals surface area contributed by atoms with Gasteiger partial charge in [0.2, 0.25) is 5.91 Å². The minimum absolute atomic E-state index is 0.157. The molecule has 1 aromatic heterocycles. The Hall–Kier alpha value is -2.58. The summed E-state index contributed by atoms with van der Waals surface area (Å²) in [6, 6.07) is 5.31. The third-order valence-corrected chi connectivity index (χ3v) is 7.32. The number of nitrogens with zero attached hydrogens (tertiary/aromatic N) is 1. The second kappa shape index (κ2) is 11.0. The Bertz CT molecular complexity index is 1000. The van der Waals surface area contributed by atoms with E-state index in [4.69, 9.17) is 14.2 Å². The zero-order valence-electron chi connectivity index (χ0n) is 20.3. The molecule has 1 N–H and O–H groups in total. The van der Waals surface area contributed by atoms with Crippen molar-refractivity contribution in [3.63, 3.8) is 0 Å². The van der Waals surface area contributed by atoms with Gasteiger partial charge in [-0.05, 0) is 69.3 Å². The summed E-state index contributed by atoms with van der Waals surface area (Å²) in [7, 11) is 5.10. The van der Waals surface area contributed by atoms with Gasteiger partial charge in [0.1, 0.15) is 5.00 Å². The number of thiophene rings is 1. The van der Waals surface area contributed by atoms with Crippen molar-refractivity contribution < 1.29 is 23.8 Å². The van der Waals surface area contributed by atoms with Crippen molar-refractivity contribution >= 4 is 28.2 Å². The first-order chi connectivity index (χ1) is 15.8. The maximum absolute atomic E-state index is 13.1. The number of ether oxygens (including phenoxy) is 3. The zero-order chi connectivity index (χ0) is 24.1. The van der Waals surface area contributed by atoms with Crippen molar-refractivity contribution in [1.29, 1.82) is 0 Å². The van der Waals surface area contributed by atoms with Crippen LogP contribution in [0.1, 0.15) is 53.6 Å². The molecule has 3 rings (SSSR count). The van der Waals surface area contributed by atoms with Crippen LogP contribution in [0, 0.1) is 5.92 Å². The van der Waals surface area contributed by atoms with Gasteiger partial charge in [-0.2, -0.15) is 0 Å². The summed E-state index contributed by atoms with van der Waals surface area (Å²) in [5.74, 6) is 1.37. The second-order valence-corrected chi connectivity index (χ2v) is 9.65. The summed E-state index contributed by atoms with van der Waals surface area (Å²) in [5, 5.41) is 3.62. The van der Waals surface area contributed by atoms with E-state index in [0.717, 1.165) is 30.4 Å². The molecule has 2 atom stereocenters. The minimum Gasteiger partial charge on any atom is -0.493 e. The monoisotopic (exact) mass is 474 g/mol. The molecule has 0 saturated carbocycles. The highest BCUT2D eigenvalue weighted by Crippen LogP contribution is 2.40. The molecule has 1 amide bonds. The van der Waals surface area contributed by atoms with Crippen molar-refractivity contribution in [2.45, 2.75) is 52.6 Å². The van der Waals surface area contributed by atoms with Crippen LogP contribution in [0.4, 0.5) is 5.00 Å². The minimum atomic E-state index is -0.411. The summed E-state index contributed by atoms with van der Waals surface area (Å²) in [6.45, 7) is 6.73. The molecule has 0 bridgehead atoms. The van der Waals surface area contributed by atoms with Gasteiger partial charge in [0, 0.05) is 11.4 Å². The molecule has 0 spiro atoms. The number of amides is 1. The Balaban J connectivity index is 1.75. The molecule has 8 heteroatoms. The van der Waals surface area contributed by atoms with E-state index in [2.05, 4.69) is 12.2 Å². The van der Waals surface area contributed by atoms with E-state index >= 15 is 0 Å². The number of anilines is 1. The lowest BCUT2D eigenvalue weighted by molar-refractivity contribution is -0.120. The Labute approximate surface area is 200 Å². The Morgan fingerprint density at radius 3 is 2.64 bits per heavy atom. The fourth-order valence-electron chi connectivity index (χ4n) is 4.08. The number of benzene rings is 1. The third-order valence-electron chi connectivity index (χ3n) is 6.15. The van der Waals surface area contributed by atoms with Gasteiger partial charge in [-0.1, -0.05) is 13.0 Å². The van der Waals surface area contributed by atoms with Crippen LogP contribution in [-0.2, 0) is 28.9 Å². The molecule has 0 aliphatic heterocycles. The zero-order valence-corrected chi connectivity index (χ0v) is 21.1. The first-order valence-electron chi connectivity index (χ1n) is 11.3. The number of esters is 1. The molecule has 1 heterocycles. The number of carbonyl (C=O) groups excluding carboxylic acids is 2. The van der Waals surface area contributed by atoms with Crippen molar-refractivity contribution in [2.24, 2.45) is 5.92 Å². The molecule has 0 radical (unpaired) electrons. The molecule has 0 unspecified atom stereocenters. The number of nitrogens with one attached hydrogen (secondary N) is 1. The lowest BCUT2D eigenvalue weighted by Gasteiger charge is -2.24. The lowest BCUT2D eigenvalue weighted by atomic mass is 9.88. The van der Waals surface area contributed by atoms with Crippen molar-refractivity contribution in [3.05, 3.63) is 39.8 Å². The molecular formula is C25H34N2O5S. The Morgan fingerprint density at radius 2 is 1.97 bits per heavy atom. The van der Waals surface area contributed by atoms with Gasteiger partial charge in [0.25, 0.3) is 0 Å². The van der Waals surface area contributed by atoms with E-state index in [1.807, 2.05) is 37.1 Å². The average molecular weight is 475 g/mol. The first-order valence-corrected chi connectivity index (χ1v) is 12.1. The van der Waals surface area contributed by atoms with E-state index in [-0.39, 0.29) is 11.9 Å². The maximum atomic E-state index is 13.1. The van der Waals surface area contributed by atoms with E-state index < -0.39 is 6.04 Å². The SMILES string of the molecule is CCOC(=O)c1c(NC(=O)[C@H](C)N(C)Cc2ccc(OC)c(OC)c2)sc2c1CC[C@@H](C)C2. The van der Waals surface area contributed by atoms with Gasteiger partial charge in [-0.15, -0.1) is 11.3 Å². The van der Waals surface area contributed by atoms with Gasteiger partial charge in [0.15, 0.2) is 11.5 Å². The Kier molecular flexibility index (Phi) is 8.37. The summed E-state index contributed by atoms with van der Waals surface area (Å²) < 4.78 is 16.0. The van der Waals surface area contributed by atoms with Crippen molar-refractivity contribution in [3.8, 4) is 11.5 Å². The number of likely N-dealkylation sites (N-methyl/N-ethyl adjacent to an activating group) is 1. The number of hydrogen-bond donors (Lipinski definition) is 1. The van der Waals surface area contributed by atoms with Crippen LogP contribution in [0.25, 0.3) is 0 Å². The molecule has 1 aliphatic rings. The summed E-state index contributed by atoms with van der Waals surface area (Å²) in [6.07, 6.45) is 2.80. The molecule has 0 fully saturated rings. The van der Waals surface area contributed by atoms with Crippen molar-refractivity contribution in [2.75, 3.05) is 33.2 Å². The largest absolute Gasteiger partial charge is 0.493 e. The molecule has 1 aromatic carbocycles. The lowest BCUT2D eigenvalue weighted by Crippen LogP contribution is -2.39. The predicted molar refractivity (Wildman–Crippen MR) is 131 cm³/mol. The quantitative estimate of drug-likeness (QED) is 0.538. The van der Waals surface area contributed by atoms with E-state index in [9.17, 15) is 9.59 Å². The Morgan fingerprint density at radius 1 is 1.24 bits per heavy atom. The molecular weight excluding hydrogens is 440 g/mol. The fraction of sp³-hybridized carbons (Fsp3) is 0.520. The van der Waals surface area contributed by atoms with Gasteiger partial charge in [-0.3, -0.25) is 9.69 Å². The van der Waals surface area contributed by atoms with Crippen LogP contribution < -0.4 is 14.8 Å². The normalized spacial score (nSPS) is 16.2. The fourth-order valence-corrected chi connectivity index (χ4v) is 5.48. The molecule has 1 aliphatic carbocycles. The first kappa shape index (κ1) is 25.1. The van der Waals surface area contributed by atoms with Gasteiger partial charge in [0.05, 0.1) is 32.4 Å².